The highest BCUT2D eigenvalue weighted by atomic mass is 79.9. The largest absolute Gasteiger partial charge is 0.494 e. The molecule has 0 amide bonds. The molecule has 0 saturated heterocycles. The van der Waals surface area contributed by atoms with Crippen molar-refractivity contribution in [3.05, 3.63) is 51.8 Å². The Morgan fingerprint density at radius 1 is 1.20 bits per heavy atom. The van der Waals surface area contributed by atoms with Crippen molar-refractivity contribution in [2.75, 3.05) is 19.0 Å². The van der Waals surface area contributed by atoms with Crippen LogP contribution in [0.1, 0.15) is 11.1 Å². The molecular formula is C19H19BrN2O3. The molecule has 0 bridgehead atoms. The summed E-state index contributed by atoms with van der Waals surface area (Å²) >= 11 is 3.37. The lowest BCUT2D eigenvalue weighted by Crippen LogP contribution is -2.10. The molecule has 0 unspecified atom stereocenters. The van der Waals surface area contributed by atoms with Crippen LogP contribution in [0.15, 0.2) is 35.1 Å². The van der Waals surface area contributed by atoms with Gasteiger partial charge in [0.2, 0.25) is 0 Å². The number of fused-ring (bicyclic) bond motifs is 1. The van der Waals surface area contributed by atoms with Crippen LogP contribution >= 0.6 is 15.9 Å². The van der Waals surface area contributed by atoms with Crippen molar-refractivity contribution < 1.29 is 9.47 Å². The maximum Gasteiger partial charge on any atom is 0.259 e. The number of methoxy groups -OCH3 is 1. The van der Waals surface area contributed by atoms with Crippen LogP contribution in [0.2, 0.25) is 0 Å². The highest BCUT2D eigenvalue weighted by molar-refractivity contribution is 9.09. The summed E-state index contributed by atoms with van der Waals surface area (Å²) in [5.41, 5.74) is 3.20. The number of hydrogen-bond acceptors (Lipinski definition) is 4. The standard InChI is InChI=1S/C19H19BrN2O3/c1-11-9-13(10-12(2)17(11)25-8-7-20)18-21-16-14(19(23)22-18)5-4-6-15(16)24-3/h4-6,9-10H,7-8H2,1-3H3,(H,21,22,23). The van der Waals surface area contributed by atoms with E-state index < -0.39 is 0 Å². The average Bonchev–Trinajstić information content (AvgIpc) is 2.60. The minimum atomic E-state index is -0.186. The zero-order chi connectivity index (χ0) is 18.0. The summed E-state index contributed by atoms with van der Waals surface area (Å²) in [5, 5.41) is 1.28. The Hall–Kier alpha value is -2.34. The monoisotopic (exact) mass is 402 g/mol. The number of ether oxygens (including phenoxy) is 2. The van der Waals surface area contributed by atoms with E-state index in [1.807, 2.05) is 26.0 Å². The molecule has 25 heavy (non-hydrogen) atoms. The second-order valence-corrected chi connectivity index (χ2v) is 6.54. The number of aromatic nitrogens is 2. The zero-order valence-electron chi connectivity index (χ0n) is 14.4. The normalized spacial score (nSPS) is 10.9. The highest BCUT2D eigenvalue weighted by Gasteiger charge is 2.13. The molecule has 2 aromatic carbocycles. The van der Waals surface area contributed by atoms with Crippen LogP contribution in [0.5, 0.6) is 11.5 Å². The Bertz CT molecular complexity index is 959. The summed E-state index contributed by atoms with van der Waals surface area (Å²) < 4.78 is 11.1. The Kier molecular flexibility index (Phi) is 5.08. The smallest absolute Gasteiger partial charge is 0.259 e. The Morgan fingerprint density at radius 2 is 1.92 bits per heavy atom. The fraction of sp³-hybridized carbons (Fsp3) is 0.263. The summed E-state index contributed by atoms with van der Waals surface area (Å²) in [6.45, 7) is 4.57. The van der Waals surface area contributed by atoms with Gasteiger partial charge in [0.05, 0.1) is 19.1 Å². The predicted molar refractivity (Wildman–Crippen MR) is 103 cm³/mol. The van der Waals surface area contributed by atoms with E-state index in [1.165, 1.54) is 0 Å². The predicted octanol–water partition coefficient (Wildman–Crippen LogP) is 3.99. The minimum absolute atomic E-state index is 0.186. The number of rotatable bonds is 5. The third kappa shape index (κ3) is 3.39. The van der Waals surface area contributed by atoms with Crippen LogP contribution in [0.4, 0.5) is 0 Å². The summed E-state index contributed by atoms with van der Waals surface area (Å²) in [5.74, 6) is 1.96. The van der Waals surface area contributed by atoms with Crippen LogP contribution in [-0.4, -0.2) is 29.0 Å². The molecule has 1 aromatic heterocycles. The number of alkyl halides is 1. The van der Waals surface area contributed by atoms with Crippen LogP contribution in [-0.2, 0) is 0 Å². The third-order valence-electron chi connectivity index (χ3n) is 3.98. The van der Waals surface area contributed by atoms with Gasteiger partial charge in [-0.05, 0) is 49.2 Å². The second kappa shape index (κ2) is 7.27. The molecule has 0 aliphatic carbocycles. The number of nitrogens with one attached hydrogen (secondary N) is 1. The van der Waals surface area contributed by atoms with Crippen molar-refractivity contribution in [1.29, 1.82) is 0 Å². The Morgan fingerprint density at radius 3 is 2.56 bits per heavy atom. The summed E-state index contributed by atoms with van der Waals surface area (Å²) in [7, 11) is 1.57. The van der Waals surface area contributed by atoms with Crippen molar-refractivity contribution in [3.8, 4) is 22.9 Å². The maximum absolute atomic E-state index is 12.4. The molecule has 130 valence electrons. The van der Waals surface area contributed by atoms with Crippen LogP contribution in [0.25, 0.3) is 22.3 Å². The van der Waals surface area contributed by atoms with Gasteiger partial charge in [-0.1, -0.05) is 22.0 Å². The number of halogens is 1. The summed E-state index contributed by atoms with van der Waals surface area (Å²) in [6.07, 6.45) is 0. The Labute approximate surface area is 154 Å². The third-order valence-corrected chi connectivity index (χ3v) is 4.30. The summed E-state index contributed by atoms with van der Waals surface area (Å²) in [4.78, 5) is 19.9. The zero-order valence-corrected chi connectivity index (χ0v) is 15.9. The second-order valence-electron chi connectivity index (χ2n) is 5.75. The lowest BCUT2D eigenvalue weighted by Gasteiger charge is -2.13. The SMILES string of the molecule is COc1cccc2c(=O)[nH]c(-c3cc(C)c(OCCBr)c(C)c3)nc12. The number of nitrogens with zero attached hydrogens (tertiary/aromatic N) is 1. The maximum atomic E-state index is 12.4. The Balaban J connectivity index is 2.15. The lowest BCUT2D eigenvalue weighted by molar-refractivity contribution is 0.340. The summed E-state index contributed by atoms with van der Waals surface area (Å²) in [6, 6.07) is 9.25. The first-order chi connectivity index (χ1) is 12.0. The molecule has 0 atom stereocenters. The highest BCUT2D eigenvalue weighted by Crippen LogP contribution is 2.30. The van der Waals surface area contributed by atoms with Crippen LogP contribution in [0, 0.1) is 13.8 Å². The number of aromatic amines is 1. The number of hydrogen-bond donors (Lipinski definition) is 1. The fourth-order valence-corrected chi connectivity index (χ4v) is 3.05. The van der Waals surface area contributed by atoms with E-state index >= 15 is 0 Å². The van der Waals surface area contributed by atoms with Gasteiger partial charge in [0.25, 0.3) is 5.56 Å². The van der Waals surface area contributed by atoms with Gasteiger partial charge in [0, 0.05) is 10.9 Å². The van der Waals surface area contributed by atoms with E-state index in [9.17, 15) is 4.79 Å². The molecule has 0 spiro atoms. The van der Waals surface area contributed by atoms with Gasteiger partial charge >= 0.3 is 0 Å². The first-order valence-corrected chi connectivity index (χ1v) is 9.04. The van der Waals surface area contributed by atoms with E-state index in [1.54, 1.807) is 25.3 Å². The van der Waals surface area contributed by atoms with Gasteiger partial charge < -0.3 is 14.5 Å². The van der Waals surface area contributed by atoms with E-state index in [0.717, 1.165) is 27.8 Å². The van der Waals surface area contributed by atoms with Gasteiger partial charge in [0.15, 0.2) is 0 Å². The molecule has 3 aromatic rings. The molecule has 3 rings (SSSR count). The van der Waals surface area contributed by atoms with E-state index in [0.29, 0.717) is 29.1 Å². The van der Waals surface area contributed by atoms with Crippen molar-refractivity contribution >= 4 is 26.8 Å². The molecule has 1 N–H and O–H groups in total. The van der Waals surface area contributed by atoms with Gasteiger partial charge in [0.1, 0.15) is 22.8 Å². The number of aryl methyl sites for hydroxylation is 2. The minimum Gasteiger partial charge on any atom is -0.494 e. The van der Waals surface area contributed by atoms with E-state index in [4.69, 9.17) is 9.47 Å². The van der Waals surface area contributed by atoms with Gasteiger partial charge in [-0.15, -0.1) is 0 Å². The van der Waals surface area contributed by atoms with Crippen molar-refractivity contribution in [3.63, 3.8) is 0 Å². The molecule has 0 fully saturated rings. The van der Waals surface area contributed by atoms with E-state index in [-0.39, 0.29) is 5.56 Å². The molecule has 5 nitrogen and oxygen atoms in total. The van der Waals surface area contributed by atoms with Crippen LogP contribution in [0.3, 0.4) is 0 Å². The first kappa shape index (κ1) is 17.5. The van der Waals surface area contributed by atoms with E-state index in [2.05, 4.69) is 25.9 Å². The van der Waals surface area contributed by atoms with Crippen molar-refractivity contribution in [2.45, 2.75) is 13.8 Å². The molecular weight excluding hydrogens is 384 g/mol. The van der Waals surface area contributed by atoms with Crippen molar-refractivity contribution in [2.24, 2.45) is 0 Å². The fourth-order valence-electron chi connectivity index (χ4n) is 2.89. The average molecular weight is 403 g/mol. The molecule has 0 aliphatic heterocycles. The molecule has 6 heteroatoms. The van der Waals surface area contributed by atoms with Gasteiger partial charge in [-0.2, -0.15) is 0 Å². The van der Waals surface area contributed by atoms with Gasteiger partial charge in [-0.25, -0.2) is 4.98 Å². The number of para-hydroxylation sites is 1. The quantitative estimate of drug-likeness (QED) is 0.655. The topological polar surface area (TPSA) is 64.2 Å². The number of benzene rings is 2. The molecule has 0 aliphatic rings. The molecule has 1 heterocycles. The first-order valence-electron chi connectivity index (χ1n) is 7.92. The number of H-pyrrole nitrogens is 1. The molecule has 0 radical (unpaired) electrons. The lowest BCUT2D eigenvalue weighted by atomic mass is 10.0. The van der Waals surface area contributed by atoms with Gasteiger partial charge in [-0.3, -0.25) is 4.79 Å². The van der Waals surface area contributed by atoms with Crippen LogP contribution < -0.4 is 15.0 Å². The van der Waals surface area contributed by atoms with Crippen molar-refractivity contribution in [1.82, 2.24) is 9.97 Å². The molecule has 0 saturated carbocycles.